The lowest BCUT2D eigenvalue weighted by atomic mass is 9.68. The Labute approximate surface area is 183 Å². The number of fused-ring (bicyclic) bond motifs is 4. The number of anilines is 1. The average Bonchev–Trinajstić information content (AvgIpc) is 3.24. The number of nitrogens with zero attached hydrogens (tertiary/aromatic N) is 3. The highest BCUT2D eigenvalue weighted by atomic mass is 19.1. The Morgan fingerprint density at radius 3 is 2.66 bits per heavy atom. The van der Waals surface area contributed by atoms with Gasteiger partial charge in [-0.05, 0) is 43.2 Å². The molecule has 1 unspecified atom stereocenters. The van der Waals surface area contributed by atoms with E-state index in [1.165, 1.54) is 44.9 Å². The number of carbonyl (C=O) groups is 1. The highest BCUT2D eigenvalue weighted by Gasteiger charge is 2.36. The summed E-state index contributed by atoms with van der Waals surface area (Å²) >= 11 is 0. The van der Waals surface area contributed by atoms with Gasteiger partial charge in [0, 0.05) is 23.2 Å². The molecule has 3 heterocycles. The maximum atomic E-state index is 14.7. The second-order valence-electron chi connectivity index (χ2n) is 8.18. The van der Waals surface area contributed by atoms with Gasteiger partial charge in [-0.1, -0.05) is 12.8 Å². The number of hydrogen-bond acceptors (Lipinski definition) is 6. The molecule has 3 saturated carbocycles. The van der Waals surface area contributed by atoms with Gasteiger partial charge < -0.3 is 15.0 Å². The molecule has 3 aromatic rings. The Morgan fingerprint density at radius 1 is 1.28 bits per heavy atom. The monoisotopic (exact) mass is 439 g/mol. The van der Waals surface area contributed by atoms with Crippen LogP contribution in [0.15, 0.2) is 24.5 Å². The number of carbonyl (C=O) groups excluding carboxylic acids is 1. The van der Waals surface area contributed by atoms with Gasteiger partial charge in [-0.3, -0.25) is 4.79 Å². The van der Waals surface area contributed by atoms with Crippen LogP contribution in [0.1, 0.15) is 37.7 Å². The topological polar surface area (TPSA) is 104 Å². The summed E-state index contributed by atoms with van der Waals surface area (Å²) in [6.45, 7) is 0.375. The van der Waals surface area contributed by atoms with Crippen LogP contribution in [-0.2, 0) is 9.53 Å². The number of aromatic nitrogens is 3. The molecule has 6 rings (SSSR count). The highest BCUT2D eigenvalue weighted by Crippen LogP contribution is 2.42. The van der Waals surface area contributed by atoms with Crippen molar-refractivity contribution >= 4 is 23.3 Å². The molecular formula is C23H23F2N5O2. The summed E-state index contributed by atoms with van der Waals surface area (Å²) in [6, 6.07) is 4.76. The first-order valence-corrected chi connectivity index (χ1v) is 10.5. The summed E-state index contributed by atoms with van der Waals surface area (Å²) < 4.78 is 32.2. The molecule has 3 aliphatic carbocycles. The SMILES string of the molecule is COC=O.N#Cc1cc(F)c(NC2CC3CCC2CC3)nc1-c1c[nH]c2ncc(F)cc12. The van der Waals surface area contributed by atoms with Gasteiger partial charge in [0.1, 0.15) is 17.5 Å². The molecule has 3 aromatic heterocycles. The van der Waals surface area contributed by atoms with Gasteiger partial charge in [0.05, 0.1) is 24.6 Å². The van der Waals surface area contributed by atoms with Gasteiger partial charge in [0.15, 0.2) is 11.6 Å². The summed E-state index contributed by atoms with van der Waals surface area (Å²) in [6.07, 6.45) is 8.63. The lowest BCUT2D eigenvalue weighted by Gasteiger charge is -2.42. The van der Waals surface area contributed by atoms with Gasteiger partial charge in [-0.2, -0.15) is 5.26 Å². The van der Waals surface area contributed by atoms with Crippen LogP contribution in [-0.4, -0.2) is 34.6 Å². The molecule has 0 amide bonds. The Balaban J connectivity index is 0.000000567. The van der Waals surface area contributed by atoms with Crippen molar-refractivity contribution in [1.29, 1.82) is 5.26 Å². The van der Waals surface area contributed by atoms with Gasteiger partial charge in [-0.15, -0.1) is 0 Å². The van der Waals surface area contributed by atoms with Crippen molar-refractivity contribution in [3.8, 4) is 17.3 Å². The fraction of sp³-hybridized carbons (Fsp3) is 0.391. The molecule has 0 saturated heterocycles. The minimum atomic E-state index is -0.536. The summed E-state index contributed by atoms with van der Waals surface area (Å²) in [4.78, 5) is 20.4. The van der Waals surface area contributed by atoms with Crippen molar-refractivity contribution in [2.45, 2.75) is 38.1 Å². The standard InChI is InChI=1S/C21H19F2N5.C2H4O2/c22-14-7-15-16(10-26-20(15)25-9-14)19-13(8-24)6-17(23)21(28-19)27-18-5-11-1-3-12(18)4-2-11;1-4-2-3/h6-7,9-12,18H,1-5H2,(H,25,26)(H,27,28);2H,1H3. The predicted molar refractivity (Wildman–Crippen MR) is 115 cm³/mol. The number of nitriles is 1. The number of ether oxygens (including phenoxy) is 1. The Bertz CT molecular complexity index is 1170. The van der Waals surface area contributed by atoms with E-state index in [9.17, 15) is 14.0 Å². The molecule has 1 atom stereocenters. The second-order valence-corrected chi connectivity index (χ2v) is 8.18. The van der Waals surface area contributed by atoms with E-state index in [0.717, 1.165) is 12.6 Å². The third-order valence-corrected chi connectivity index (χ3v) is 6.32. The normalized spacial score (nSPS) is 21.4. The first-order chi connectivity index (χ1) is 15.5. The second kappa shape index (κ2) is 9.30. The predicted octanol–water partition coefficient (Wildman–Crippen LogP) is 4.55. The Kier molecular flexibility index (Phi) is 6.30. The van der Waals surface area contributed by atoms with Crippen molar-refractivity contribution in [2.75, 3.05) is 12.4 Å². The van der Waals surface area contributed by atoms with Crippen LogP contribution in [0.5, 0.6) is 0 Å². The fourth-order valence-corrected chi connectivity index (χ4v) is 4.78. The van der Waals surface area contributed by atoms with E-state index in [0.29, 0.717) is 40.6 Å². The molecule has 0 spiro atoms. The van der Waals surface area contributed by atoms with Crippen molar-refractivity contribution in [2.24, 2.45) is 11.8 Å². The highest BCUT2D eigenvalue weighted by molar-refractivity contribution is 5.94. The largest absolute Gasteiger partial charge is 0.471 e. The van der Waals surface area contributed by atoms with Crippen LogP contribution in [0, 0.1) is 34.8 Å². The van der Waals surface area contributed by atoms with Gasteiger partial charge in [0.2, 0.25) is 0 Å². The molecule has 32 heavy (non-hydrogen) atoms. The van der Waals surface area contributed by atoms with Crippen LogP contribution >= 0.6 is 0 Å². The minimum absolute atomic E-state index is 0.110. The summed E-state index contributed by atoms with van der Waals surface area (Å²) in [5, 5.41) is 13.3. The zero-order chi connectivity index (χ0) is 22.7. The van der Waals surface area contributed by atoms with Crippen LogP contribution in [0.25, 0.3) is 22.3 Å². The number of aromatic amines is 1. The average molecular weight is 439 g/mol. The van der Waals surface area contributed by atoms with Crippen LogP contribution in [0.2, 0.25) is 0 Å². The number of nitrogens with one attached hydrogen (secondary N) is 2. The molecule has 2 bridgehead atoms. The van der Waals surface area contributed by atoms with E-state index in [4.69, 9.17) is 4.79 Å². The molecule has 0 aromatic carbocycles. The fourth-order valence-electron chi connectivity index (χ4n) is 4.78. The van der Waals surface area contributed by atoms with Crippen LogP contribution in [0.4, 0.5) is 14.6 Å². The molecule has 0 radical (unpaired) electrons. The Hall–Kier alpha value is -3.54. The first-order valence-electron chi connectivity index (χ1n) is 10.5. The number of rotatable bonds is 4. The van der Waals surface area contributed by atoms with Crippen LogP contribution < -0.4 is 5.32 Å². The number of H-pyrrole nitrogens is 1. The van der Waals surface area contributed by atoms with E-state index in [2.05, 4.69) is 25.0 Å². The minimum Gasteiger partial charge on any atom is -0.471 e. The van der Waals surface area contributed by atoms with Gasteiger partial charge >= 0.3 is 0 Å². The summed E-state index contributed by atoms with van der Waals surface area (Å²) in [7, 11) is 1.31. The molecule has 3 aliphatic rings. The van der Waals surface area contributed by atoms with Crippen molar-refractivity contribution < 1.29 is 18.3 Å². The Morgan fingerprint density at radius 2 is 2.03 bits per heavy atom. The van der Waals surface area contributed by atoms with Gasteiger partial charge in [-0.25, -0.2) is 18.7 Å². The maximum absolute atomic E-state index is 14.7. The lowest BCUT2D eigenvalue weighted by molar-refractivity contribution is -0.126. The van der Waals surface area contributed by atoms with E-state index in [1.807, 2.05) is 6.07 Å². The smallest absolute Gasteiger partial charge is 0.292 e. The van der Waals surface area contributed by atoms with E-state index in [-0.39, 0.29) is 17.4 Å². The van der Waals surface area contributed by atoms with E-state index in [1.54, 1.807) is 6.20 Å². The maximum Gasteiger partial charge on any atom is 0.292 e. The third kappa shape index (κ3) is 4.26. The van der Waals surface area contributed by atoms with Crippen molar-refractivity contribution in [1.82, 2.24) is 15.0 Å². The zero-order valence-corrected chi connectivity index (χ0v) is 17.6. The molecule has 3 fully saturated rings. The third-order valence-electron chi connectivity index (χ3n) is 6.32. The zero-order valence-electron chi connectivity index (χ0n) is 17.6. The molecule has 7 nitrogen and oxygen atoms in total. The van der Waals surface area contributed by atoms with Crippen molar-refractivity contribution in [3.63, 3.8) is 0 Å². The first kappa shape index (κ1) is 21.7. The van der Waals surface area contributed by atoms with Crippen LogP contribution in [0.3, 0.4) is 0 Å². The molecule has 0 aliphatic heterocycles. The molecule has 2 N–H and O–H groups in total. The van der Waals surface area contributed by atoms with Gasteiger partial charge in [0.25, 0.3) is 6.47 Å². The number of pyridine rings is 2. The number of halogens is 2. The van der Waals surface area contributed by atoms with Crippen molar-refractivity contribution in [3.05, 3.63) is 41.7 Å². The van der Waals surface area contributed by atoms with E-state index < -0.39 is 11.6 Å². The summed E-state index contributed by atoms with van der Waals surface area (Å²) in [5.74, 6) is 0.379. The lowest BCUT2D eigenvalue weighted by Crippen LogP contribution is -2.40. The molecule has 166 valence electrons. The number of methoxy groups -OCH3 is 1. The summed E-state index contributed by atoms with van der Waals surface area (Å²) in [5.41, 5.74) is 1.46. The molecular weight excluding hydrogens is 416 g/mol. The quantitative estimate of drug-likeness (QED) is 0.578. The number of hydrogen-bond donors (Lipinski definition) is 2. The van der Waals surface area contributed by atoms with E-state index >= 15 is 0 Å². The molecule has 9 heteroatoms.